The van der Waals surface area contributed by atoms with E-state index in [4.69, 9.17) is 0 Å². The average Bonchev–Trinajstić information content (AvgIpc) is 2.82. The lowest BCUT2D eigenvalue weighted by Gasteiger charge is -2.19. The van der Waals surface area contributed by atoms with Crippen LogP contribution in [0.25, 0.3) is 0 Å². The highest BCUT2D eigenvalue weighted by Crippen LogP contribution is 2.27. The number of amides is 2. The van der Waals surface area contributed by atoms with Crippen molar-refractivity contribution >= 4 is 34.4 Å². The molecule has 0 unspecified atom stereocenters. The number of carbonyl (C=O) groups excluding carboxylic acids is 2. The summed E-state index contributed by atoms with van der Waals surface area (Å²) >= 11 is 1.38. The van der Waals surface area contributed by atoms with Gasteiger partial charge in [0.05, 0.1) is 0 Å². The van der Waals surface area contributed by atoms with Crippen molar-refractivity contribution in [1.82, 2.24) is 4.90 Å². The molecule has 0 radical (unpaired) electrons. The van der Waals surface area contributed by atoms with Gasteiger partial charge < -0.3 is 10.2 Å². The molecule has 0 aliphatic carbocycles. The summed E-state index contributed by atoms with van der Waals surface area (Å²) in [4.78, 5) is 30.0. The largest absolute Gasteiger partial charge is 0.352 e. The van der Waals surface area contributed by atoms with Crippen LogP contribution in [0.3, 0.4) is 0 Å². The number of nitrogens with one attached hydrogen (secondary N) is 1. The van der Waals surface area contributed by atoms with Gasteiger partial charge in [-0.2, -0.15) is 4.99 Å². The first kappa shape index (κ1) is 15.6. The van der Waals surface area contributed by atoms with Crippen molar-refractivity contribution < 1.29 is 9.59 Å². The van der Waals surface area contributed by atoms with Crippen LogP contribution in [-0.4, -0.2) is 40.2 Å². The van der Waals surface area contributed by atoms with Gasteiger partial charge in [-0.25, -0.2) is 0 Å². The Morgan fingerprint density at radius 3 is 2.57 bits per heavy atom. The van der Waals surface area contributed by atoms with Gasteiger partial charge in [-0.15, -0.1) is 0 Å². The number of aliphatic imine (C=N–C) groups is 1. The minimum atomic E-state index is -0.413. The molecule has 0 saturated carbocycles. The van der Waals surface area contributed by atoms with Crippen LogP contribution in [0.1, 0.15) is 20.3 Å². The minimum Gasteiger partial charge on any atom is -0.352 e. The van der Waals surface area contributed by atoms with E-state index in [2.05, 4.69) is 10.3 Å². The Labute approximate surface area is 128 Å². The predicted octanol–water partition coefficient (Wildman–Crippen LogP) is 2.35. The summed E-state index contributed by atoms with van der Waals surface area (Å²) in [7, 11) is 0. The number of thioether (sulfide) groups is 1. The zero-order valence-electron chi connectivity index (χ0n) is 12.2. The molecule has 1 aliphatic rings. The molecule has 5 nitrogen and oxygen atoms in total. The van der Waals surface area contributed by atoms with Gasteiger partial charge in [0.2, 0.25) is 5.91 Å². The first-order chi connectivity index (χ1) is 10.1. The van der Waals surface area contributed by atoms with Gasteiger partial charge in [-0.3, -0.25) is 9.59 Å². The fraction of sp³-hybridized carbons (Fsp3) is 0.400. The highest BCUT2D eigenvalue weighted by molar-refractivity contribution is 8.15. The maximum absolute atomic E-state index is 12.0. The molecule has 112 valence electrons. The van der Waals surface area contributed by atoms with E-state index in [1.54, 1.807) is 0 Å². The summed E-state index contributed by atoms with van der Waals surface area (Å²) in [5.74, 6) is -0.381. The molecule has 0 bridgehead atoms. The lowest BCUT2D eigenvalue weighted by Crippen LogP contribution is -2.27. The van der Waals surface area contributed by atoms with E-state index in [0.29, 0.717) is 0 Å². The van der Waals surface area contributed by atoms with Crippen LogP contribution >= 0.6 is 11.8 Å². The first-order valence-electron chi connectivity index (χ1n) is 7.03. The molecule has 0 fully saturated rings. The minimum absolute atomic E-state index is 0.145. The van der Waals surface area contributed by atoms with Crippen LogP contribution in [0, 0.1) is 0 Å². The zero-order chi connectivity index (χ0) is 15.2. The molecule has 1 heterocycles. The van der Waals surface area contributed by atoms with Gasteiger partial charge in [0.25, 0.3) is 5.91 Å². The van der Waals surface area contributed by atoms with Gasteiger partial charge in [0.15, 0.2) is 5.17 Å². The molecule has 1 aromatic rings. The van der Waals surface area contributed by atoms with Gasteiger partial charge in [0.1, 0.15) is 5.25 Å². The number of benzene rings is 1. The van der Waals surface area contributed by atoms with Gasteiger partial charge in [-0.05, 0) is 26.0 Å². The molecule has 2 rings (SSSR count). The number of para-hydroxylation sites is 1. The SMILES string of the molecule is CCN(CC)C1=NC(=O)[C@@H](CC(=O)Nc2ccccc2)S1. The average molecular weight is 305 g/mol. The standard InChI is InChI=1S/C15H19N3O2S/c1-3-18(4-2)15-17-14(20)12(21-15)10-13(19)16-11-8-6-5-7-9-11/h5-9,12H,3-4,10H2,1-2H3,(H,16,19)/t12-/m1/s1. The fourth-order valence-electron chi connectivity index (χ4n) is 2.04. The van der Waals surface area contributed by atoms with Crippen LogP contribution in [0.15, 0.2) is 35.3 Å². The molecule has 2 amide bonds. The molecule has 21 heavy (non-hydrogen) atoms. The van der Waals surface area contributed by atoms with Crippen LogP contribution in [-0.2, 0) is 9.59 Å². The van der Waals surface area contributed by atoms with Crippen molar-refractivity contribution in [2.24, 2.45) is 4.99 Å². The van der Waals surface area contributed by atoms with E-state index >= 15 is 0 Å². The number of hydrogen-bond donors (Lipinski definition) is 1. The molecule has 0 saturated heterocycles. The second-order valence-corrected chi connectivity index (χ2v) is 5.80. The Hall–Kier alpha value is -1.82. The van der Waals surface area contributed by atoms with Crippen LogP contribution in [0.4, 0.5) is 5.69 Å². The Balaban J connectivity index is 1.90. The van der Waals surface area contributed by atoms with Crippen LogP contribution < -0.4 is 5.32 Å². The molecule has 0 aromatic heterocycles. The summed E-state index contributed by atoms with van der Waals surface area (Å²) in [6, 6.07) is 9.23. The third-order valence-corrected chi connectivity index (χ3v) is 4.40. The fourth-order valence-corrected chi connectivity index (χ4v) is 3.23. The van der Waals surface area contributed by atoms with E-state index < -0.39 is 5.25 Å². The number of hydrogen-bond acceptors (Lipinski definition) is 4. The Bertz CT molecular complexity index is 541. The van der Waals surface area contributed by atoms with E-state index in [1.165, 1.54) is 11.8 Å². The summed E-state index contributed by atoms with van der Waals surface area (Å²) in [5, 5.41) is 3.10. The topological polar surface area (TPSA) is 61.8 Å². The van der Waals surface area contributed by atoms with E-state index in [-0.39, 0.29) is 18.2 Å². The summed E-state index contributed by atoms with van der Waals surface area (Å²) < 4.78 is 0. The quantitative estimate of drug-likeness (QED) is 0.907. The van der Waals surface area contributed by atoms with Crippen molar-refractivity contribution in [3.63, 3.8) is 0 Å². The van der Waals surface area contributed by atoms with Gasteiger partial charge >= 0.3 is 0 Å². The smallest absolute Gasteiger partial charge is 0.262 e. The lowest BCUT2D eigenvalue weighted by molar-refractivity contribution is -0.121. The predicted molar refractivity (Wildman–Crippen MR) is 86.4 cm³/mol. The highest BCUT2D eigenvalue weighted by atomic mass is 32.2. The monoisotopic (exact) mass is 305 g/mol. The Kier molecular flexibility index (Phi) is 5.38. The van der Waals surface area contributed by atoms with E-state index in [1.807, 2.05) is 49.1 Å². The van der Waals surface area contributed by atoms with Crippen molar-refractivity contribution in [2.75, 3.05) is 18.4 Å². The summed E-state index contributed by atoms with van der Waals surface area (Å²) in [6.45, 7) is 5.65. The van der Waals surface area contributed by atoms with Gasteiger partial charge in [0, 0.05) is 25.2 Å². The molecular weight excluding hydrogens is 286 g/mol. The number of rotatable bonds is 5. The number of amidine groups is 1. The van der Waals surface area contributed by atoms with Gasteiger partial charge in [-0.1, -0.05) is 30.0 Å². The number of anilines is 1. The van der Waals surface area contributed by atoms with Crippen LogP contribution in [0.5, 0.6) is 0 Å². The lowest BCUT2D eigenvalue weighted by atomic mass is 10.2. The third-order valence-electron chi connectivity index (χ3n) is 3.19. The zero-order valence-corrected chi connectivity index (χ0v) is 13.0. The second kappa shape index (κ2) is 7.26. The third kappa shape index (κ3) is 4.07. The van der Waals surface area contributed by atoms with Crippen molar-refractivity contribution in [3.8, 4) is 0 Å². The maximum Gasteiger partial charge on any atom is 0.262 e. The van der Waals surface area contributed by atoms with Crippen molar-refractivity contribution in [3.05, 3.63) is 30.3 Å². The van der Waals surface area contributed by atoms with E-state index in [0.717, 1.165) is 23.9 Å². The maximum atomic E-state index is 12.0. The molecule has 6 heteroatoms. The van der Waals surface area contributed by atoms with Crippen molar-refractivity contribution in [1.29, 1.82) is 0 Å². The molecule has 0 spiro atoms. The Morgan fingerprint density at radius 1 is 1.29 bits per heavy atom. The van der Waals surface area contributed by atoms with Crippen molar-refractivity contribution in [2.45, 2.75) is 25.5 Å². The molecule has 1 aromatic carbocycles. The molecule has 1 N–H and O–H groups in total. The molecular formula is C15H19N3O2S. The van der Waals surface area contributed by atoms with Crippen LogP contribution in [0.2, 0.25) is 0 Å². The first-order valence-corrected chi connectivity index (χ1v) is 7.91. The highest BCUT2D eigenvalue weighted by Gasteiger charge is 2.32. The van der Waals surface area contributed by atoms with E-state index in [9.17, 15) is 9.59 Å². The Morgan fingerprint density at radius 2 is 1.95 bits per heavy atom. The number of carbonyl (C=O) groups is 2. The molecule has 1 atom stereocenters. The molecule has 1 aliphatic heterocycles. The summed E-state index contributed by atoms with van der Waals surface area (Å²) in [6.07, 6.45) is 0.145. The number of nitrogens with zero attached hydrogens (tertiary/aromatic N) is 2. The second-order valence-electron chi connectivity index (χ2n) is 4.63. The normalized spacial score (nSPS) is 17.5. The summed E-state index contributed by atoms with van der Waals surface area (Å²) in [5.41, 5.74) is 0.739.